The van der Waals surface area contributed by atoms with Gasteiger partial charge < -0.3 is 10.2 Å². The van der Waals surface area contributed by atoms with Gasteiger partial charge in [0.15, 0.2) is 0 Å². The minimum absolute atomic E-state index is 0.0339. The molecular formula is C25H42N4O3S. The van der Waals surface area contributed by atoms with Crippen LogP contribution in [-0.2, 0) is 14.8 Å². The zero-order valence-corrected chi connectivity index (χ0v) is 21.6. The van der Waals surface area contributed by atoms with Crippen LogP contribution in [0.1, 0.15) is 64.9 Å². The molecule has 2 atom stereocenters. The summed E-state index contributed by atoms with van der Waals surface area (Å²) in [6.45, 7) is 12.9. The number of carbonyl (C=O) groups is 1. The van der Waals surface area contributed by atoms with Gasteiger partial charge in [-0.1, -0.05) is 32.4 Å². The summed E-state index contributed by atoms with van der Waals surface area (Å²) in [6.07, 6.45) is 3.74. The van der Waals surface area contributed by atoms with Gasteiger partial charge in [-0.15, -0.1) is 0 Å². The lowest BCUT2D eigenvalue weighted by Gasteiger charge is -2.40. The van der Waals surface area contributed by atoms with Gasteiger partial charge in [-0.3, -0.25) is 9.69 Å². The highest BCUT2D eigenvalue weighted by Crippen LogP contribution is 2.24. The molecule has 2 saturated heterocycles. The number of nitrogens with one attached hydrogen (secondary N) is 1. The smallest absolute Gasteiger partial charge is 0.243 e. The molecule has 2 heterocycles. The number of hydrogen-bond acceptors (Lipinski definition) is 5. The second-order valence-electron chi connectivity index (χ2n) is 9.88. The molecule has 2 aliphatic heterocycles. The van der Waals surface area contributed by atoms with Crippen molar-refractivity contribution in [2.45, 2.75) is 76.3 Å². The molecule has 0 radical (unpaired) electrons. The second kappa shape index (κ2) is 11.8. The molecular weight excluding hydrogens is 436 g/mol. The minimum atomic E-state index is -3.68. The Bertz CT molecular complexity index is 856. The summed E-state index contributed by atoms with van der Waals surface area (Å²) in [5, 5.41) is 3.25. The van der Waals surface area contributed by atoms with E-state index in [0.29, 0.717) is 49.1 Å². The number of benzene rings is 1. The van der Waals surface area contributed by atoms with Crippen LogP contribution >= 0.6 is 0 Å². The number of carbonyl (C=O) groups excluding carboxylic acids is 1. The van der Waals surface area contributed by atoms with Crippen molar-refractivity contribution >= 4 is 15.9 Å². The fourth-order valence-corrected chi connectivity index (χ4v) is 6.39. The summed E-state index contributed by atoms with van der Waals surface area (Å²) < 4.78 is 28.8. The van der Waals surface area contributed by atoms with Crippen molar-refractivity contribution < 1.29 is 13.2 Å². The molecule has 0 aromatic heterocycles. The molecule has 2 fully saturated rings. The third-order valence-corrected chi connectivity index (χ3v) is 9.13. The van der Waals surface area contributed by atoms with E-state index in [0.717, 1.165) is 31.5 Å². The molecule has 7 nitrogen and oxygen atoms in total. The van der Waals surface area contributed by atoms with Crippen molar-refractivity contribution in [1.29, 1.82) is 0 Å². The summed E-state index contributed by atoms with van der Waals surface area (Å²) in [7, 11) is -3.68. The monoisotopic (exact) mass is 478 g/mol. The maximum Gasteiger partial charge on any atom is 0.243 e. The standard InChI is InChI=1S/C25H42N4O3S/c1-20(2)23-8-10-24(11-9-23)33(31,32)28(15-12-25(30)27-16-13-26-14-17-27)18-19-29-21(3)6-5-7-22(29)4/h8-11,20-22,26H,5-7,12-19H2,1-4H3/t21-,22-/m0/s1. The van der Waals surface area contributed by atoms with Gasteiger partial charge in [0, 0.05) is 64.3 Å². The lowest BCUT2D eigenvalue weighted by molar-refractivity contribution is -0.131. The highest BCUT2D eigenvalue weighted by molar-refractivity contribution is 7.89. The fraction of sp³-hybridized carbons (Fsp3) is 0.720. The number of sulfonamides is 1. The zero-order chi connectivity index (χ0) is 24.0. The van der Waals surface area contributed by atoms with Gasteiger partial charge in [0.1, 0.15) is 0 Å². The molecule has 0 bridgehead atoms. The number of rotatable bonds is 9. The van der Waals surface area contributed by atoms with Crippen molar-refractivity contribution in [3.8, 4) is 0 Å². The summed E-state index contributed by atoms with van der Waals surface area (Å²) in [4.78, 5) is 17.3. The van der Waals surface area contributed by atoms with Gasteiger partial charge in [-0.2, -0.15) is 4.31 Å². The molecule has 3 rings (SSSR count). The van der Waals surface area contributed by atoms with Crippen LogP contribution in [0.4, 0.5) is 0 Å². The molecule has 0 spiro atoms. The van der Waals surface area contributed by atoms with Gasteiger partial charge in [0.05, 0.1) is 4.90 Å². The highest BCUT2D eigenvalue weighted by Gasteiger charge is 2.30. The van der Waals surface area contributed by atoms with E-state index in [9.17, 15) is 13.2 Å². The summed E-state index contributed by atoms with van der Waals surface area (Å²) in [6, 6.07) is 8.12. The third kappa shape index (κ3) is 6.78. The van der Waals surface area contributed by atoms with Crippen LogP contribution in [0.15, 0.2) is 29.2 Å². The maximum absolute atomic E-state index is 13.6. The first kappa shape index (κ1) is 26.1. The molecule has 1 N–H and O–H groups in total. The summed E-state index contributed by atoms with van der Waals surface area (Å²) in [5.41, 5.74) is 1.12. The predicted molar refractivity (Wildman–Crippen MR) is 133 cm³/mol. The van der Waals surface area contributed by atoms with Crippen LogP contribution in [0, 0.1) is 0 Å². The third-order valence-electron chi connectivity index (χ3n) is 7.21. The largest absolute Gasteiger partial charge is 0.340 e. The van der Waals surface area contributed by atoms with Crippen LogP contribution in [0.3, 0.4) is 0 Å². The summed E-state index contributed by atoms with van der Waals surface area (Å²) in [5.74, 6) is 0.378. The van der Waals surface area contributed by atoms with Crippen LogP contribution < -0.4 is 5.32 Å². The molecule has 33 heavy (non-hydrogen) atoms. The van der Waals surface area contributed by atoms with Crippen molar-refractivity contribution in [2.75, 3.05) is 45.8 Å². The fourth-order valence-electron chi connectivity index (χ4n) is 4.96. The Morgan fingerprint density at radius 2 is 1.67 bits per heavy atom. The second-order valence-corrected chi connectivity index (χ2v) is 11.8. The van der Waals surface area contributed by atoms with Crippen LogP contribution in [0.5, 0.6) is 0 Å². The predicted octanol–water partition coefficient (Wildman–Crippen LogP) is 2.89. The first-order chi connectivity index (χ1) is 15.7. The number of hydrogen-bond donors (Lipinski definition) is 1. The molecule has 1 amide bonds. The Morgan fingerprint density at radius 1 is 1.06 bits per heavy atom. The van der Waals surface area contributed by atoms with Gasteiger partial charge in [0.2, 0.25) is 15.9 Å². The molecule has 2 aliphatic rings. The molecule has 0 aliphatic carbocycles. The topological polar surface area (TPSA) is 73.0 Å². The Labute approximate surface area is 200 Å². The van der Waals surface area contributed by atoms with E-state index in [1.54, 1.807) is 12.1 Å². The van der Waals surface area contributed by atoms with Crippen molar-refractivity contribution in [2.24, 2.45) is 0 Å². The highest BCUT2D eigenvalue weighted by atomic mass is 32.2. The van der Waals surface area contributed by atoms with Crippen LogP contribution in [0.2, 0.25) is 0 Å². The number of nitrogens with zero attached hydrogens (tertiary/aromatic N) is 3. The van der Waals surface area contributed by atoms with E-state index in [1.807, 2.05) is 17.0 Å². The van der Waals surface area contributed by atoms with Crippen LogP contribution in [-0.4, -0.2) is 86.3 Å². The first-order valence-corrected chi connectivity index (χ1v) is 14.0. The molecule has 0 saturated carbocycles. The molecule has 8 heteroatoms. The summed E-state index contributed by atoms with van der Waals surface area (Å²) >= 11 is 0. The van der Waals surface area contributed by atoms with E-state index in [1.165, 1.54) is 10.7 Å². The van der Waals surface area contributed by atoms with Gasteiger partial charge in [-0.25, -0.2) is 8.42 Å². The molecule has 1 aromatic carbocycles. The Balaban J connectivity index is 1.74. The van der Waals surface area contributed by atoms with Gasteiger partial charge >= 0.3 is 0 Å². The first-order valence-electron chi connectivity index (χ1n) is 12.5. The quantitative estimate of drug-likeness (QED) is 0.591. The molecule has 1 aromatic rings. The Morgan fingerprint density at radius 3 is 2.24 bits per heavy atom. The number of likely N-dealkylation sites (tertiary alicyclic amines) is 1. The molecule has 186 valence electrons. The van der Waals surface area contributed by atoms with Crippen molar-refractivity contribution in [1.82, 2.24) is 19.4 Å². The van der Waals surface area contributed by atoms with Gasteiger partial charge in [0.25, 0.3) is 0 Å². The van der Waals surface area contributed by atoms with E-state index >= 15 is 0 Å². The van der Waals surface area contributed by atoms with E-state index in [2.05, 4.69) is 37.9 Å². The van der Waals surface area contributed by atoms with Crippen molar-refractivity contribution in [3.05, 3.63) is 29.8 Å². The number of amides is 1. The van der Waals surface area contributed by atoms with Gasteiger partial charge in [-0.05, 0) is 50.3 Å². The van der Waals surface area contributed by atoms with Crippen molar-refractivity contribution in [3.63, 3.8) is 0 Å². The average molecular weight is 479 g/mol. The lowest BCUT2D eigenvalue weighted by Crippen LogP contribution is -2.49. The SMILES string of the molecule is CC(C)c1ccc(S(=O)(=O)N(CCC(=O)N2CCNCC2)CCN2[C@@H](C)CCC[C@@H]2C)cc1. The number of piperazine rings is 1. The normalized spacial score (nSPS) is 22.8. The average Bonchev–Trinajstić information content (AvgIpc) is 2.80. The van der Waals surface area contributed by atoms with E-state index in [4.69, 9.17) is 0 Å². The van der Waals surface area contributed by atoms with E-state index < -0.39 is 10.0 Å². The molecule has 0 unspecified atom stereocenters. The van der Waals surface area contributed by atoms with E-state index in [-0.39, 0.29) is 18.9 Å². The lowest BCUT2D eigenvalue weighted by atomic mass is 9.98. The van der Waals surface area contributed by atoms with Crippen LogP contribution in [0.25, 0.3) is 0 Å². The number of piperidine rings is 1. The minimum Gasteiger partial charge on any atom is -0.340 e. The maximum atomic E-state index is 13.6. The Kier molecular flexibility index (Phi) is 9.33. The Hall–Kier alpha value is -1.48. The zero-order valence-electron chi connectivity index (χ0n) is 20.8.